The van der Waals surface area contributed by atoms with Gasteiger partial charge in [0.05, 0.1) is 13.1 Å². The first-order chi connectivity index (χ1) is 12.8. The van der Waals surface area contributed by atoms with Crippen LogP contribution in [0.15, 0.2) is 18.2 Å². The van der Waals surface area contributed by atoms with Crippen molar-refractivity contribution in [1.82, 2.24) is 14.7 Å². The molecule has 1 aromatic rings. The molecule has 2 atom stereocenters. The molecule has 2 saturated heterocycles. The van der Waals surface area contributed by atoms with Gasteiger partial charge in [-0.25, -0.2) is 9.59 Å². The van der Waals surface area contributed by atoms with Crippen LogP contribution in [0.3, 0.4) is 0 Å². The Balaban J connectivity index is 1.60. The molecule has 9 heteroatoms. The van der Waals surface area contributed by atoms with Gasteiger partial charge in [-0.05, 0) is 31.0 Å². The lowest BCUT2D eigenvalue weighted by Crippen LogP contribution is -2.55. The maximum atomic E-state index is 12.6. The van der Waals surface area contributed by atoms with Crippen LogP contribution in [0, 0.1) is 13.8 Å². The van der Waals surface area contributed by atoms with Gasteiger partial charge in [-0.15, -0.1) is 0 Å². The van der Waals surface area contributed by atoms with Gasteiger partial charge < -0.3 is 25.4 Å². The number of benzene rings is 1. The Kier molecular flexibility index (Phi) is 5.22. The third kappa shape index (κ3) is 3.82. The normalized spacial score (nSPS) is 20.7. The maximum Gasteiger partial charge on any atom is 0.327 e. The van der Waals surface area contributed by atoms with Crippen LogP contribution in [-0.2, 0) is 4.79 Å². The molecule has 5 amide bonds. The van der Waals surface area contributed by atoms with Crippen LogP contribution in [0.4, 0.5) is 9.59 Å². The highest BCUT2D eigenvalue weighted by Gasteiger charge is 2.48. The number of ether oxygens (including phenoxy) is 1. The molecule has 2 heterocycles. The number of rotatable bonds is 5. The number of hydrogen-bond donors (Lipinski definition) is 2. The first-order valence-electron chi connectivity index (χ1n) is 8.82. The van der Waals surface area contributed by atoms with E-state index in [4.69, 9.17) is 10.5 Å². The van der Waals surface area contributed by atoms with Crippen molar-refractivity contribution in [2.45, 2.75) is 26.0 Å². The molecule has 9 nitrogen and oxygen atoms in total. The fourth-order valence-corrected chi connectivity index (χ4v) is 3.33. The van der Waals surface area contributed by atoms with Crippen LogP contribution in [0.5, 0.6) is 5.75 Å². The van der Waals surface area contributed by atoms with E-state index in [0.29, 0.717) is 5.75 Å². The van der Waals surface area contributed by atoms with Crippen molar-refractivity contribution in [3.63, 3.8) is 0 Å². The Hall–Kier alpha value is -2.81. The van der Waals surface area contributed by atoms with Gasteiger partial charge >= 0.3 is 12.1 Å². The molecule has 2 aliphatic rings. The number of carbonyl (C=O) groups excluding carboxylic acids is 3. The van der Waals surface area contributed by atoms with Gasteiger partial charge in [0.2, 0.25) is 0 Å². The smallest absolute Gasteiger partial charge is 0.327 e. The Bertz CT molecular complexity index is 768. The van der Waals surface area contributed by atoms with Crippen LogP contribution in [-0.4, -0.2) is 82.7 Å². The molecule has 27 heavy (non-hydrogen) atoms. The molecule has 0 saturated carbocycles. The summed E-state index contributed by atoms with van der Waals surface area (Å²) < 4.78 is 5.65. The molecule has 1 aromatic carbocycles. The Morgan fingerprint density at radius 3 is 2.78 bits per heavy atom. The zero-order valence-electron chi connectivity index (χ0n) is 15.4. The summed E-state index contributed by atoms with van der Waals surface area (Å²) in [6.07, 6.45) is -1.02. The van der Waals surface area contributed by atoms with Crippen LogP contribution < -0.4 is 10.5 Å². The zero-order valence-corrected chi connectivity index (χ0v) is 15.4. The lowest BCUT2D eigenvalue weighted by Gasteiger charge is -2.34. The van der Waals surface area contributed by atoms with Crippen molar-refractivity contribution in [3.8, 4) is 5.75 Å². The van der Waals surface area contributed by atoms with Gasteiger partial charge in [-0.3, -0.25) is 9.69 Å². The van der Waals surface area contributed by atoms with E-state index in [1.165, 1.54) is 9.80 Å². The number of nitrogens with two attached hydrogens (primary N) is 1. The molecule has 0 radical (unpaired) electrons. The summed E-state index contributed by atoms with van der Waals surface area (Å²) in [5.74, 6) is 0.222. The van der Waals surface area contributed by atoms with Gasteiger partial charge in [0.25, 0.3) is 5.91 Å². The van der Waals surface area contributed by atoms with Crippen molar-refractivity contribution in [3.05, 3.63) is 29.3 Å². The number of aliphatic hydroxyl groups excluding tert-OH is 1. The Morgan fingerprint density at radius 2 is 2.07 bits per heavy atom. The number of amides is 5. The Morgan fingerprint density at radius 1 is 1.33 bits per heavy atom. The second kappa shape index (κ2) is 7.43. The quantitative estimate of drug-likeness (QED) is 0.706. The third-order valence-corrected chi connectivity index (χ3v) is 4.89. The average molecular weight is 376 g/mol. The van der Waals surface area contributed by atoms with E-state index in [1.54, 1.807) is 0 Å². The number of primary amides is 1. The van der Waals surface area contributed by atoms with Gasteiger partial charge in [0, 0.05) is 13.1 Å². The number of piperazine rings is 1. The van der Waals surface area contributed by atoms with Gasteiger partial charge in [-0.2, -0.15) is 0 Å². The van der Waals surface area contributed by atoms with Crippen molar-refractivity contribution >= 4 is 18.0 Å². The predicted octanol–water partition coefficient (Wildman–Crippen LogP) is 0.0702. The summed E-state index contributed by atoms with van der Waals surface area (Å²) in [5.41, 5.74) is 7.23. The number of aryl methyl sites for hydroxylation is 2. The van der Waals surface area contributed by atoms with Crippen molar-refractivity contribution in [1.29, 1.82) is 0 Å². The standard InChI is InChI=1S/C18H24N4O5/c1-11-3-4-12(2)15(7-11)27-10-13(23)8-22-16(24)14-9-20(17(19)25)5-6-21(14)18(22)26/h3-4,7,13-14,23H,5-6,8-10H2,1-2H3,(H2,19,25)/t13-,14+/m0/s1. The summed E-state index contributed by atoms with van der Waals surface area (Å²) in [4.78, 5) is 40.1. The third-order valence-electron chi connectivity index (χ3n) is 4.89. The van der Waals surface area contributed by atoms with Gasteiger partial charge in [0.1, 0.15) is 24.5 Å². The van der Waals surface area contributed by atoms with E-state index < -0.39 is 30.1 Å². The second-order valence-corrected chi connectivity index (χ2v) is 6.96. The van der Waals surface area contributed by atoms with Crippen LogP contribution in [0.25, 0.3) is 0 Å². The van der Waals surface area contributed by atoms with E-state index in [2.05, 4.69) is 0 Å². The van der Waals surface area contributed by atoms with Gasteiger partial charge in [0.15, 0.2) is 0 Å². The number of imide groups is 1. The second-order valence-electron chi connectivity index (χ2n) is 6.96. The Labute approximate surface area is 157 Å². The van der Waals surface area contributed by atoms with Crippen LogP contribution in [0.1, 0.15) is 11.1 Å². The molecule has 2 aliphatic heterocycles. The highest BCUT2D eigenvalue weighted by atomic mass is 16.5. The van der Waals surface area contributed by atoms with Gasteiger partial charge in [-0.1, -0.05) is 12.1 Å². The molecular formula is C18H24N4O5. The highest BCUT2D eigenvalue weighted by Crippen LogP contribution is 2.23. The van der Waals surface area contributed by atoms with E-state index in [1.807, 2.05) is 32.0 Å². The number of nitrogens with zero attached hydrogens (tertiary/aromatic N) is 3. The van der Waals surface area contributed by atoms with E-state index in [-0.39, 0.29) is 32.8 Å². The number of hydrogen-bond acceptors (Lipinski definition) is 5. The molecule has 3 N–H and O–H groups in total. The number of urea groups is 2. The van der Waals surface area contributed by atoms with E-state index >= 15 is 0 Å². The van der Waals surface area contributed by atoms with Crippen LogP contribution in [0.2, 0.25) is 0 Å². The average Bonchev–Trinajstić information content (AvgIpc) is 2.87. The molecule has 146 valence electrons. The minimum Gasteiger partial charge on any atom is -0.491 e. The minimum atomic E-state index is -1.02. The minimum absolute atomic E-state index is 0.0422. The molecule has 0 aromatic heterocycles. The molecule has 3 rings (SSSR count). The number of β-amino-alcohol motifs (C(OH)–C–C–N with tert-alkyl or cyclic N) is 1. The van der Waals surface area contributed by atoms with Crippen molar-refractivity contribution in [2.24, 2.45) is 5.73 Å². The fraction of sp³-hybridized carbons (Fsp3) is 0.500. The van der Waals surface area contributed by atoms with Crippen LogP contribution >= 0.6 is 0 Å². The largest absolute Gasteiger partial charge is 0.491 e. The molecular weight excluding hydrogens is 352 g/mol. The summed E-state index contributed by atoms with van der Waals surface area (Å²) in [6.45, 7) is 4.24. The fourth-order valence-electron chi connectivity index (χ4n) is 3.33. The highest BCUT2D eigenvalue weighted by molar-refractivity contribution is 6.04. The molecule has 0 unspecified atom stereocenters. The topological polar surface area (TPSA) is 116 Å². The maximum absolute atomic E-state index is 12.6. The van der Waals surface area contributed by atoms with E-state index in [0.717, 1.165) is 16.0 Å². The summed E-state index contributed by atoms with van der Waals surface area (Å²) in [6, 6.07) is 3.94. The first kappa shape index (κ1) is 19.0. The summed E-state index contributed by atoms with van der Waals surface area (Å²) >= 11 is 0. The summed E-state index contributed by atoms with van der Waals surface area (Å²) in [7, 11) is 0. The summed E-state index contributed by atoms with van der Waals surface area (Å²) in [5, 5.41) is 10.3. The monoisotopic (exact) mass is 376 g/mol. The van der Waals surface area contributed by atoms with Crippen molar-refractivity contribution < 1.29 is 24.2 Å². The lowest BCUT2D eigenvalue weighted by atomic mass is 10.1. The molecule has 0 spiro atoms. The van der Waals surface area contributed by atoms with Crippen molar-refractivity contribution in [2.75, 3.05) is 32.8 Å². The zero-order chi connectivity index (χ0) is 19.7. The predicted molar refractivity (Wildman–Crippen MR) is 96.2 cm³/mol. The first-order valence-corrected chi connectivity index (χ1v) is 8.82. The molecule has 0 aliphatic carbocycles. The molecule has 0 bridgehead atoms. The molecule has 2 fully saturated rings. The number of fused-ring (bicyclic) bond motifs is 1. The number of carbonyl (C=O) groups is 3. The number of aliphatic hydroxyl groups is 1. The van der Waals surface area contributed by atoms with E-state index in [9.17, 15) is 19.5 Å². The lowest BCUT2D eigenvalue weighted by molar-refractivity contribution is -0.130. The SMILES string of the molecule is Cc1ccc(C)c(OC[C@@H](O)CN2C(=O)[C@H]3CN(C(N)=O)CCN3C2=O)c1.